The Morgan fingerprint density at radius 2 is 2.12 bits per heavy atom. The van der Waals surface area contributed by atoms with Gasteiger partial charge in [0.15, 0.2) is 0 Å². The second-order valence-electron chi connectivity index (χ2n) is 3.32. The van der Waals surface area contributed by atoms with Gasteiger partial charge in [-0.05, 0) is 6.07 Å². The van der Waals surface area contributed by atoms with Gasteiger partial charge in [-0.25, -0.2) is 0 Å². The van der Waals surface area contributed by atoms with Gasteiger partial charge < -0.3 is 5.11 Å². The molecule has 0 atom stereocenters. The molecule has 0 aliphatic rings. The van der Waals surface area contributed by atoms with Crippen molar-refractivity contribution in [3.8, 4) is 11.1 Å². The van der Waals surface area contributed by atoms with Gasteiger partial charge in [-0.1, -0.05) is 35.3 Å². The Balaban J connectivity index is 2.39. The van der Waals surface area contributed by atoms with Crippen LogP contribution in [0.4, 0.5) is 0 Å². The molecule has 1 aromatic carbocycles. The summed E-state index contributed by atoms with van der Waals surface area (Å²) in [4.78, 5) is 0. The molecule has 0 saturated heterocycles. The fraction of sp³-hybridized carbons (Fsp3) is 0.182. The van der Waals surface area contributed by atoms with Crippen LogP contribution in [-0.4, -0.2) is 21.5 Å². The van der Waals surface area contributed by atoms with Crippen LogP contribution in [0.15, 0.2) is 30.6 Å². The van der Waals surface area contributed by atoms with E-state index in [1.54, 1.807) is 16.9 Å². The van der Waals surface area contributed by atoms with E-state index < -0.39 is 0 Å². The van der Waals surface area contributed by atoms with Gasteiger partial charge in [0.1, 0.15) is 0 Å². The Bertz CT molecular complexity index is 496. The van der Waals surface area contributed by atoms with E-state index in [1.165, 1.54) is 0 Å². The molecule has 0 unspecified atom stereocenters. The second-order valence-corrected chi connectivity index (χ2v) is 4.10. The van der Waals surface area contributed by atoms with Gasteiger partial charge in [0, 0.05) is 17.3 Å². The molecule has 1 heterocycles. The minimum Gasteiger partial charge on any atom is -0.394 e. The molecular weight excluding hydrogens is 247 g/mol. The predicted molar refractivity (Wildman–Crippen MR) is 64.8 cm³/mol. The molecule has 1 aromatic heterocycles. The first-order valence-electron chi connectivity index (χ1n) is 4.80. The minimum absolute atomic E-state index is 0.0599. The summed E-state index contributed by atoms with van der Waals surface area (Å²) in [6, 6.07) is 5.47. The van der Waals surface area contributed by atoms with Crippen LogP contribution >= 0.6 is 23.2 Å². The highest BCUT2D eigenvalue weighted by atomic mass is 35.5. The van der Waals surface area contributed by atoms with Crippen molar-refractivity contribution in [1.82, 2.24) is 9.78 Å². The first kappa shape index (κ1) is 11.5. The zero-order valence-electron chi connectivity index (χ0n) is 8.40. The van der Waals surface area contributed by atoms with Crippen molar-refractivity contribution in [2.75, 3.05) is 6.61 Å². The van der Waals surface area contributed by atoms with Crippen molar-refractivity contribution in [2.24, 2.45) is 0 Å². The lowest BCUT2D eigenvalue weighted by Gasteiger charge is -2.02. The molecule has 1 N–H and O–H groups in total. The summed E-state index contributed by atoms with van der Waals surface area (Å²) in [6.45, 7) is 0.530. The highest BCUT2D eigenvalue weighted by Gasteiger charge is 2.08. The molecule has 0 bridgehead atoms. The fourth-order valence-electron chi connectivity index (χ4n) is 1.45. The van der Waals surface area contributed by atoms with Gasteiger partial charge in [0.05, 0.1) is 29.4 Å². The van der Waals surface area contributed by atoms with E-state index in [1.807, 2.05) is 18.3 Å². The van der Waals surface area contributed by atoms with E-state index in [0.29, 0.717) is 16.6 Å². The van der Waals surface area contributed by atoms with Crippen LogP contribution in [0.1, 0.15) is 0 Å². The molecule has 0 saturated carbocycles. The molecule has 0 spiro atoms. The van der Waals surface area contributed by atoms with Crippen LogP contribution in [0.3, 0.4) is 0 Å². The van der Waals surface area contributed by atoms with Crippen LogP contribution in [-0.2, 0) is 6.54 Å². The van der Waals surface area contributed by atoms with Gasteiger partial charge in [-0.3, -0.25) is 4.68 Å². The lowest BCUT2D eigenvalue weighted by Crippen LogP contribution is -2.01. The third-order valence-corrected chi connectivity index (χ3v) is 3.04. The van der Waals surface area contributed by atoms with Gasteiger partial charge in [0.25, 0.3) is 0 Å². The first-order chi connectivity index (χ1) is 7.72. The van der Waals surface area contributed by atoms with Crippen LogP contribution in [0.2, 0.25) is 10.0 Å². The number of nitrogens with zero attached hydrogens (tertiary/aromatic N) is 2. The fourth-order valence-corrected chi connectivity index (χ4v) is 1.86. The molecule has 0 aliphatic heterocycles. The molecule has 0 fully saturated rings. The number of aliphatic hydroxyl groups excluding tert-OH is 1. The van der Waals surface area contributed by atoms with Crippen LogP contribution in [0, 0.1) is 0 Å². The molecule has 3 nitrogen and oxygen atoms in total. The third-order valence-electron chi connectivity index (χ3n) is 2.22. The first-order valence-corrected chi connectivity index (χ1v) is 5.55. The molecule has 16 heavy (non-hydrogen) atoms. The Hall–Kier alpha value is -1.03. The maximum Gasteiger partial charge on any atom is 0.0671 e. The number of halogens is 2. The molecule has 2 aromatic rings. The summed E-state index contributed by atoms with van der Waals surface area (Å²) in [5.74, 6) is 0. The van der Waals surface area contributed by atoms with E-state index in [2.05, 4.69) is 5.10 Å². The lowest BCUT2D eigenvalue weighted by atomic mass is 10.1. The molecule has 5 heteroatoms. The minimum atomic E-state index is 0.0599. The summed E-state index contributed by atoms with van der Waals surface area (Å²) in [5.41, 5.74) is 1.74. The average Bonchev–Trinajstić information content (AvgIpc) is 2.71. The zero-order chi connectivity index (χ0) is 11.5. The van der Waals surface area contributed by atoms with E-state index >= 15 is 0 Å². The Morgan fingerprint density at radius 1 is 1.31 bits per heavy atom. The normalized spacial score (nSPS) is 10.7. The van der Waals surface area contributed by atoms with Crippen molar-refractivity contribution in [3.05, 3.63) is 40.6 Å². The van der Waals surface area contributed by atoms with Crippen molar-refractivity contribution in [2.45, 2.75) is 6.54 Å². The summed E-state index contributed by atoms with van der Waals surface area (Å²) in [7, 11) is 0. The predicted octanol–water partition coefficient (Wildman–Crippen LogP) is 2.85. The number of rotatable bonds is 3. The van der Waals surface area contributed by atoms with E-state index in [9.17, 15) is 0 Å². The number of hydrogen-bond acceptors (Lipinski definition) is 2. The Kier molecular flexibility index (Phi) is 3.49. The van der Waals surface area contributed by atoms with E-state index in [-0.39, 0.29) is 6.61 Å². The Labute approximate surface area is 103 Å². The number of aromatic nitrogens is 2. The third kappa shape index (κ3) is 2.21. The summed E-state index contributed by atoms with van der Waals surface area (Å²) in [5, 5.41) is 13.9. The molecule has 2 rings (SSSR count). The quantitative estimate of drug-likeness (QED) is 0.918. The van der Waals surface area contributed by atoms with Crippen LogP contribution < -0.4 is 0 Å². The van der Waals surface area contributed by atoms with Crippen molar-refractivity contribution < 1.29 is 5.11 Å². The molecule has 0 aliphatic carbocycles. The number of benzene rings is 1. The lowest BCUT2D eigenvalue weighted by molar-refractivity contribution is 0.269. The van der Waals surface area contributed by atoms with Gasteiger partial charge in [0.2, 0.25) is 0 Å². The standard InChI is InChI=1S/C11H10Cl2N2O/c12-10-3-1-2-9(11(10)13)8-6-14-15(7-8)4-5-16/h1-3,6-7,16H,4-5H2. The van der Waals surface area contributed by atoms with Gasteiger partial charge in [-0.15, -0.1) is 0 Å². The smallest absolute Gasteiger partial charge is 0.0671 e. The van der Waals surface area contributed by atoms with Crippen molar-refractivity contribution in [3.63, 3.8) is 0 Å². The Morgan fingerprint density at radius 3 is 2.88 bits per heavy atom. The SMILES string of the molecule is OCCn1cc(-c2cccc(Cl)c2Cl)cn1. The monoisotopic (exact) mass is 256 g/mol. The van der Waals surface area contributed by atoms with E-state index in [0.717, 1.165) is 11.1 Å². The highest BCUT2D eigenvalue weighted by Crippen LogP contribution is 2.32. The van der Waals surface area contributed by atoms with E-state index in [4.69, 9.17) is 28.3 Å². The van der Waals surface area contributed by atoms with Crippen molar-refractivity contribution in [1.29, 1.82) is 0 Å². The maximum atomic E-state index is 8.79. The highest BCUT2D eigenvalue weighted by molar-refractivity contribution is 6.43. The molecule has 0 amide bonds. The average molecular weight is 257 g/mol. The summed E-state index contributed by atoms with van der Waals surface area (Å²) >= 11 is 12.0. The van der Waals surface area contributed by atoms with Crippen LogP contribution in [0.5, 0.6) is 0 Å². The number of hydrogen-bond donors (Lipinski definition) is 1. The molecule has 0 radical (unpaired) electrons. The maximum absolute atomic E-state index is 8.79. The van der Waals surface area contributed by atoms with Crippen LogP contribution in [0.25, 0.3) is 11.1 Å². The summed E-state index contributed by atoms with van der Waals surface area (Å²) < 4.78 is 1.66. The number of aliphatic hydroxyl groups is 1. The topological polar surface area (TPSA) is 38.0 Å². The molecule has 84 valence electrons. The zero-order valence-corrected chi connectivity index (χ0v) is 9.91. The second kappa shape index (κ2) is 4.87. The molecular formula is C11H10Cl2N2O. The summed E-state index contributed by atoms with van der Waals surface area (Å²) in [6.07, 6.45) is 3.53. The van der Waals surface area contributed by atoms with Crippen molar-refractivity contribution >= 4 is 23.2 Å². The van der Waals surface area contributed by atoms with Gasteiger partial charge in [-0.2, -0.15) is 5.10 Å². The largest absolute Gasteiger partial charge is 0.394 e. The van der Waals surface area contributed by atoms with Gasteiger partial charge >= 0.3 is 0 Å².